The van der Waals surface area contributed by atoms with Gasteiger partial charge in [-0.15, -0.1) is 23.1 Å². The van der Waals surface area contributed by atoms with Crippen molar-refractivity contribution in [1.82, 2.24) is 4.90 Å². The highest BCUT2D eigenvalue weighted by Crippen LogP contribution is 2.45. The van der Waals surface area contributed by atoms with Gasteiger partial charge in [0.15, 0.2) is 0 Å². The second kappa shape index (κ2) is 5.25. The zero-order valence-corrected chi connectivity index (χ0v) is 13.8. The zero-order chi connectivity index (χ0) is 15.3. The van der Waals surface area contributed by atoms with E-state index in [9.17, 15) is 9.59 Å². The number of carbonyl (C=O) groups is 2. The number of hydrogen-bond donors (Lipinski definition) is 0. The van der Waals surface area contributed by atoms with Crippen molar-refractivity contribution in [3.63, 3.8) is 0 Å². The number of nitrogens with zero attached hydrogens (tertiary/aromatic N) is 1. The van der Waals surface area contributed by atoms with Gasteiger partial charge in [-0.2, -0.15) is 0 Å². The molecule has 1 aromatic carbocycles. The fourth-order valence-electron chi connectivity index (χ4n) is 3.46. The van der Waals surface area contributed by atoms with Gasteiger partial charge >= 0.3 is 0 Å². The van der Waals surface area contributed by atoms with Crippen LogP contribution in [-0.4, -0.2) is 23.0 Å². The van der Waals surface area contributed by atoms with Gasteiger partial charge in [0.1, 0.15) is 0 Å². The Hall–Kier alpha value is -1.59. The van der Waals surface area contributed by atoms with Crippen LogP contribution in [0.5, 0.6) is 0 Å². The molecule has 0 fully saturated rings. The number of imide groups is 1. The largest absolute Gasteiger partial charge is 0.269 e. The lowest BCUT2D eigenvalue weighted by Gasteiger charge is -2.31. The van der Waals surface area contributed by atoms with Crippen LogP contribution in [0, 0.1) is 0 Å². The standard InChI is InChI=1S/C17H15NO2S2/c1-21-17-14-10(9-22-17)5-4-8-13(14)18-15(19)11-6-2-3-7-12(11)16(18)20/h2-3,6-7,9,13H,4-5,8H2,1H3. The molecule has 1 unspecified atom stereocenters. The van der Waals surface area contributed by atoms with Crippen molar-refractivity contribution in [3.8, 4) is 0 Å². The molecule has 2 heterocycles. The Labute approximate surface area is 137 Å². The van der Waals surface area contributed by atoms with Crippen molar-refractivity contribution in [2.75, 3.05) is 6.26 Å². The molecule has 3 nitrogen and oxygen atoms in total. The van der Waals surface area contributed by atoms with Gasteiger partial charge in [0, 0.05) is 5.56 Å². The molecule has 2 aromatic rings. The zero-order valence-electron chi connectivity index (χ0n) is 12.2. The Morgan fingerprint density at radius 1 is 1.18 bits per heavy atom. The van der Waals surface area contributed by atoms with E-state index in [0.717, 1.165) is 19.3 Å². The van der Waals surface area contributed by atoms with Gasteiger partial charge in [-0.25, -0.2) is 0 Å². The van der Waals surface area contributed by atoms with Crippen LogP contribution in [0.3, 0.4) is 0 Å². The smallest absolute Gasteiger partial charge is 0.262 e. The van der Waals surface area contributed by atoms with Gasteiger partial charge in [0.25, 0.3) is 11.8 Å². The fraction of sp³-hybridized carbons (Fsp3) is 0.294. The minimum atomic E-state index is -0.142. The van der Waals surface area contributed by atoms with Gasteiger partial charge < -0.3 is 0 Å². The van der Waals surface area contributed by atoms with Gasteiger partial charge in [-0.1, -0.05) is 12.1 Å². The third-order valence-electron chi connectivity index (χ3n) is 4.45. The van der Waals surface area contributed by atoms with Gasteiger partial charge in [0.05, 0.1) is 21.4 Å². The molecule has 0 bridgehead atoms. The maximum Gasteiger partial charge on any atom is 0.262 e. The number of thioether (sulfide) groups is 1. The Bertz CT molecular complexity index is 732. The van der Waals surface area contributed by atoms with Crippen molar-refractivity contribution < 1.29 is 9.59 Å². The van der Waals surface area contributed by atoms with E-state index in [1.165, 1.54) is 20.2 Å². The van der Waals surface area contributed by atoms with Crippen LogP contribution in [0.2, 0.25) is 0 Å². The van der Waals surface area contributed by atoms with E-state index in [1.54, 1.807) is 35.2 Å². The van der Waals surface area contributed by atoms with Crippen molar-refractivity contribution in [2.45, 2.75) is 29.5 Å². The Balaban J connectivity index is 1.81. The third-order valence-corrected chi connectivity index (χ3v) is 6.67. The van der Waals surface area contributed by atoms with Crippen LogP contribution in [0.25, 0.3) is 0 Å². The lowest BCUT2D eigenvalue weighted by atomic mass is 9.90. The molecule has 1 aromatic heterocycles. The molecule has 22 heavy (non-hydrogen) atoms. The van der Waals surface area contributed by atoms with Crippen molar-refractivity contribution in [1.29, 1.82) is 0 Å². The molecular weight excluding hydrogens is 314 g/mol. The van der Waals surface area contributed by atoms with E-state index in [-0.39, 0.29) is 17.9 Å². The van der Waals surface area contributed by atoms with Crippen LogP contribution >= 0.6 is 23.1 Å². The average molecular weight is 329 g/mol. The van der Waals surface area contributed by atoms with Crippen molar-refractivity contribution >= 4 is 34.9 Å². The summed E-state index contributed by atoms with van der Waals surface area (Å²) >= 11 is 3.44. The van der Waals surface area contributed by atoms with E-state index < -0.39 is 0 Å². The van der Waals surface area contributed by atoms with Crippen LogP contribution in [0.1, 0.15) is 50.7 Å². The first-order chi connectivity index (χ1) is 10.7. The molecule has 0 saturated heterocycles. The highest BCUT2D eigenvalue weighted by Gasteiger charge is 2.42. The third kappa shape index (κ3) is 1.88. The number of rotatable bonds is 2. The summed E-state index contributed by atoms with van der Waals surface area (Å²) in [5.41, 5.74) is 3.60. The number of aryl methyl sites for hydroxylation is 1. The predicted molar refractivity (Wildman–Crippen MR) is 88.7 cm³/mol. The molecule has 5 heteroatoms. The first-order valence-corrected chi connectivity index (χ1v) is 9.44. The topological polar surface area (TPSA) is 37.4 Å². The number of hydrogen-bond acceptors (Lipinski definition) is 4. The Morgan fingerprint density at radius 3 is 2.50 bits per heavy atom. The molecule has 1 aliphatic heterocycles. The minimum absolute atomic E-state index is 0.107. The number of thiophene rings is 1. The molecule has 0 N–H and O–H groups in total. The van der Waals surface area contributed by atoms with Gasteiger partial charge in [-0.3, -0.25) is 14.5 Å². The van der Waals surface area contributed by atoms with Crippen LogP contribution in [-0.2, 0) is 6.42 Å². The summed E-state index contributed by atoms with van der Waals surface area (Å²) < 4.78 is 1.23. The van der Waals surface area contributed by atoms with Gasteiger partial charge in [-0.05, 0) is 48.6 Å². The quantitative estimate of drug-likeness (QED) is 0.614. The number of carbonyl (C=O) groups excluding carboxylic acids is 2. The molecular formula is C17H15NO2S2. The van der Waals surface area contributed by atoms with E-state index in [0.29, 0.717) is 11.1 Å². The summed E-state index contributed by atoms with van der Waals surface area (Å²) in [5.74, 6) is -0.284. The Kier molecular flexibility index (Phi) is 3.35. The molecule has 1 aliphatic carbocycles. The highest BCUT2D eigenvalue weighted by molar-refractivity contribution is 8.00. The van der Waals surface area contributed by atoms with Crippen LogP contribution < -0.4 is 0 Å². The summed E-state index contributed by atoms with van der Waals surface area (Å²) in [6.07, 6.45) is 4.99. The second-order valence-corrected chi connectivity index (χ2v) is 7.55. The first kappa shape index (κ1) is 14.0. The molecule has 2 aliphatic rings. The lowest BCUT2D eigenvalue weighted by Crippen LogP contribution is -2.35. The van der Waals surface area contributed by atoms with Crippen molar-refractivity contribution in [3.05, 3.63) is 51.9 Å². The highest BCUT2D eigenvalue weighted by atomic mass is 32.2. The van der Waals surface area contributed by atoms with Gasteiger partial charge in [0.2, 0.25) is 0 Å². The molecule has 0 saturated carbocycles. The van der Waals surface area contributed by atoms with Crippen molar-refractivity contribution in [2.24, 2.45) is 0 Å². The number of benzene rings is 1. The maximum absolute atomic E-state index is 12.7. The number of fused-ring (bicyclic) bond motifs is 2. The first-order valence-electron chi connectivity index (χ1n) is 7.33. The summed E-state index contributed by atoms with van der Waals surface area (Å²) in [6.45, 7) is 0. The summed E-state index contributed by atoms with van der Waals surface area (Å²) in [4.78, 5) is 27.0. The maximum atomic E-state index is 12.7. The van der Waals surface area contributed by atoms with E-state index in [1.807, 2.05) is 12.1 Å². The molecule has 112 valence electrons. The SMILES string of the molecule is CSc1scc2c1C(N1C(=O)c3ccccc3C1=O)CCC2. The van der Waals surface area contributed by atoms with E-state index in [2.05, 4.69) is 11.6 Å². The molecule has 0 spiro atoms. The second-order valence-electron chi connectivity index (χ2n) is 5.60. The van der Waals surface area contributed by atoms with E-state index in [4.69, 9.17) is 0 Å². The Morgan fingerprint density at radius 2 is 1.86 bits per heavy atom. The minimum Gasteiger partial charge on any atom is -0.269 e. The summed E-state index contributed by atoms with van der Waals surface area (Å²) in [6, 6.07) is 7.03. The molecule has 2 amide bonds. The molecule has 1 atom stereocenters. The van der Waals surface area contributed by atoms with Crippen LogP contribution in [0.15, 0.2) is 33.9 Å². The molecule has 4 rings (SSSR count). The normalized spacial score (nSPS) is 20.2. The monoisotopic (exact) mass is 329 g/mol. The van der Waals surface area contributed by atoms with Crippen LogP contribution in [0.4, 0.5) is 0 Å². The van der Waals surface area contributed by atoms with E-state index >= 15 is 0 Å². The summed E-state index contributed by atoms with van der Waals surface area (Å²) in [5, 5.41) is 2.19. The predicted octanol–water partition coefficient (Wildman–Crippen LogP) is 4.14. The summed E-state index contributed by atoms with van der Waals surface area (Å²) in [7, 11) is 0. The lowest BCUT2D eigenvalue weighted by molar-refractivity contribution is 0.0565. The average Bonchev–Trinajstić information content (AvgIpc) is 3.08. The fourth-order valence-corrected chi connectivity index (χ4v) is 5.37. The molecule has 0 radical (unpaired) electrons. The number of amides is 2.